The minimum Gasteiger partial charge on any atom is -0.351 e. The molecule has 1 fully saturated rings. The Labute approximate surface area is 155 Å². The van der Waals surface area contributed by atoms with Crippen molar-refractivity contribution in [3.05, 3.63) is 29.6 Å². The molecule has 0 spiro atoms. The number of rotatable bonds is 2. The number of hydrogen-bond donors (Lipinski definition) is 3. The normalized spacial score (nSPS) is 16.1. The van der Waals surface area contributed by atoms with Crippen molar-refractivity contribution < 1.29 is 13.2 Å². The second kappa shape index (κ2) is 6.67. The fourth-order valence-electron chi connectivity index (χ4n) is 3.25. The van der Waals surface area contributed by atoms with Crippen LogP contribution >= 0.6 is 0 Å². The van der Waals surface area contributed by atoms with Crippen LogP contribution in [0.5, 0.6) is 0 Å². The molecule has 4 N–H and O–H groups in total. The Morgan fingerprint density at radius 3 is 2.64 bits per heavy atom. The van der Waals surface area contributed by atoms with Crippen molar-refractivity contribution in [2.45, 2.75) is 6.18 Å². The van der Waals surface area contributed by atoms with Crippen molar-refractivity contribution in [2.24, 2.45) is 16.1 Å². The average molecular weight is 392 g/mol. The number of alkyl halides is 3. The molecular weight excluding hydrogens is 377 g/mol. The van der Waals surface area contributed by atoms with Crippen LogP contribution in [0.2, 0.25) is 0 Å². The largest absolute Gasteiger partial charge is 0.417 e. The molecule has 10 nitrogen and oxygen atoms in total. The van der Waals surface area contributed by atoms with E-state index in [1.165, 1.54) is 12.4 Å². The van der Waals surface area contributed by atoms with Crippen molar-refractivity contribution >= 4 is 28.3 Å². The number of hydrazone groups is 1. The van der Waals surface area contributed by atoms with Crippen LogP contribution in [0.15, 0.2) is 28.7 Å². The molecule has 0 atom stereocenters. The van der Waals surface area contributed by atoms with E-state index in [9.17, 15) is 13.2 Å². The van der Waals surface area contributed by atoms with Crippen molar-refractivity contribution in [1.29, 1.82) is 5.53 Å². The molecule has 1 aromatic carbocycles. The number of nitrogens with two attached hydrogens (primary N) is 1. The molecule has 3 aromatic rings. The number of fused-ring (bicyclic) bond motifs is 3. The highest BCUT2D eigenvalue weighted by molar-refractivity contribution is 6.03. The number of hydrogen-bond acceptors (Lipinski definition) is 8. The number of aromatic nitrogens is 4. The topological polar surface area (TPSA) is 133 Å². The summed E-state index contributed by atoms with van der Waals surface area (Å²) in [7, 11) is 0. The third-order valence-electron chi connectivity index (χ3n) is 4.54. The van der Waals surface area contributed by atoms with Gasteiger partial charge in [-0.3, -0.25) is 4.40 Å². The lowest BCUT2D eigenvalue weighted by molar-refractivity contribution is -0.137. The first-order chi connectivity index (χ1) is 13.4. The van der Waals surface area contributed by atoms with Gasteiger partial charge in [-0.2, -0.15) is 18.3 Å². The molecule has 0 saturated carbocycles. The minimum absolute atomic E-state index is 0.109. The Hall–Kier alpha value is -3.35. The van der Waals surface area contributed by atoms with Gasteiger partial charge >= 0.3 is 6.18 Å². The van der Waals surface area contributed by atoms with E-state index in [-0.39, 0.29) is 5.52 Å². The summed E-state index contributed by atoms with van der Waals surface area (Å²) in [6.45, 7) is 2.75. The zero-order valence-corrected chi connectivity index (χ0v) is 14.4. The van der Waals surface area contributed by atoms with Gasteiger partial charge in [-0.15, -0.1) is 15.3 Å². The average Bonchev–Trinajstić information content (AvgIpc) is 3.18. The lowest BCUT2D eigenvalue weighted by Crippen LogP contribution is -2.44. The Bertz CT molecular complexity index is 1080. The van der Waals surface area contributed by atoms with Crippen LogP contribution in [-0.4, -0.2) is 51.6 Å². The Balaban J connectivity index is 2.03. The first-order valence-corrected chi connectivity index (χ1v) is 8.30. The zero-order valence-electron chi connectivity index (χ0n) is 14.4. The maximum atomic E-state index is 13.6. The van der Waals surface area contributed by atoms with Gasteiger partial charge in [0, 0.05) is 31.7 Å². The maximum absolute atomic E-state index is 13.6. The Kier molecular flexibility index (Phi) is 4.30. The molecule has 0 aliphatic carbocycles. The lowest BCUT2D eigenvalue weighted by atomic mass is 10.0. The number of benzene rings is 1. The summed E-state index contributed by atoms with van der Waals surface area (Å²) in [5.74, 6) is 5.06. The quantitative estimate of drug-likeness (QED) is 0.198. The van der Waals surface area contributed by atoms with Gasteiger partial charge in [-0.05, 0) is 12.1 Å². The summed E-state index contributed by atoms with van der Waals surface area (Å²) >= 11 is 0. The molecule has 4 rings (SSSR count). The fraction of sp³-hybridized carbons (Fsp3) is 0.333. The molecule has 0 radical (unpaired) electrons. The van der Waals surface area contributed by atoms with Gasteiger partial charge in [0.25, 0.3) is 0 Å². The fourth-order valence-corrected chi connectivity index (χ4v) is 3.25. The van der Waals surface area contributed by atoms with Gasteiger partial charge < -0.3 is 16.1 Å². The molecule has 3 heterocycles. The van der Waals surface area contributed by atoms with Gasteiger partial charge in [0.2, 0.25) is 5.65 Å². The molecule has 1 aliphatic heterocycles. The number of halogens is 3. The molecule has 28 heavy (non-hydrogen) atoms. The smallest absolute Gasteiger partial charge is 0.351 e. The van der Waals surface area contributed by atoms with E-state index in [1.807, 2.05) is 4.90 Å². The molecule has 146 valence electrons. The summed E-state index contributed by atoms with van der Waals surface area (Å²) < 4.78 is 42.5. The van der Waals surface area contributed by atoms with Crippen LogP contribution in [-0.2, 0) is 6.18 Å². The molecule has 13 heteroatoms. The summed E-state index contributed by atoms with van der Waals surface area (Å²) in [6, 6.07) is 2.11. The van der Waals surface area contributed by atoms with Crippen molar-refractivity contribution in [3.63, 3.8) is 0 Å². The van der Waals surface area contributed by atoms with E-state index >= 15 is 0 Å². The van der Waals surface area contributed by atoms with Crippen molar-refractivity contribution in [2.75, 3.05) is 31.1 Å². The van der Waals surface area contributed by atoms with Gasteiger partial charge in [0.05, 0.1) is 16.6 Å². The highest BCUT2D eigenvalue weighted by atomic mass is 19.4. The number of nitrogens with zero attached hydrogens (tertiary/aromatic N) is 7. The third-order valence-corrected chi connectivity index (χ3v) is 4.54. The van der Waals surface area contributed by atoms with E-state index in [1.54, 1.807) is 4.40 Å². The molecule has 1 saturated heterocycles. The second-order valence-corrected chi connectivity index (χ2v) is 6.15. The van der Waals surface area contributed by atoms with Crippen molar-refractivity contribution in [3.8, 4) is 0 Å². The van der Waals surface area contributed by atoms with Crippen LogP contribution in [0, 0.1) is 5.53 Å². The number of anilines is 1. The standard InChI is InChI=1S/C15H15F3N10/c16-15(17,18)9-6-10-11(5-8(9)12(24-19)25-20)28-7-22-26-14(28)13(23-10)27-3-1-21-2-4-27/h5-7,19,21H,1-4,20H2/b24-19?,25-12-. The molecule has 0 amide bonds. The maximum Gasteiger partial charge on any atom is 0.417 e. The monoisotopic (exact) mass is 392 g/mol. The van der Waals surface area contributed by atoms with Crippen LogP contribution in [0.25, 0.3) is 16.7 Å². The molecule has 2 aromatic heterocycles. The van der Waals surface area contributed by atoms with Crippen LogP contribution in [0.1, 0.15) is 11.1 Å². The van der Waals surface area contributed by atoms with Crippen LogP contribution in [0.3, 0.4) is 0 Å². The van der Waals surface area contributed by atoms with Gasteiger partial charge in [0.15, 0.2) is 11.7 Å². The van der Waals surface area contributed by atoms with Gasteiger partial charge in [-0.1, -0.05) is 0 Å². The molecule has 0 unspecified atom stereocenters. The Morgan fingerprint density at radius 1 is 1.25 bits per heavy atom. The number of amidine groups is 1. The second-order valence-electron chi connectivity index (χ2n) is 6.15. The first-order valence-electron chi connectivity index (χ1n) is 8.30. The van der Waals surface area contributed by atoms with E-state index in [0.29, 0.717) is 30.1 Å². The van der Waals surface area contributed by atoms with E-state index in [2.05, 4.69) is 30.7 Å². The highest BCUT2D eigenvalue weighted by Gasteiger charge is 2.36. The number of nitrogens with one attached hydrogen (secondary N) is 2. The molecule has 1 aliphatic rings. The predicted octanol–water partition coefficient (Wildman–Crippen LogP) is 1.36. The van der Waals surface area contributed by atoms with E-state index < -0.39 is 23.1 Å². The number of piperazine rings is 1. The van der Waals surface area contributed by atoms with E-state index in [0.717, 1.165) is 19.2 Å². The molecular formula is C15H15F3N10. The van der Waals surface area contributed by atoms with E-state index in [4.69, 9.17) is 11.4 Å². The summed E-state index contributed by atoms with van der Waals surface area (Å²) in [5.41, 5.74) is 6.52. The van der Waals surface area contributed by atoms with Gasteiger partial charge in [-0.25, -0.2) is 10.5 Å². The summed E-state index contributed by atoms with van der Waals surface area (Å²) in [6.07, 6.45) is -3.30. The first kappa shape index (κ1) is 18.0. The lowest BCUT2D eigenvalue weighted by Gasteiger charge is -2.28. The van der Waals surface area contributed by atoms with Crippen LogP contribution < -0.4 is 16.1 Å². The predicted molar refractivity (Wildman–Crippen MR) is 94.2 cm³/mol. The van der Waals surface area contributed by atoms with Gasteiger partial charge in [0.1, 0.15) is 6.33 Å². The van der Waals surface area contributed by atoms with Crippen molar-refractivity contribution in [1.82, 2.24) is 24.9 Å². The third kappa shape index (κ3) is 2.89. The Morgan fingerprint density at radius 2 is 2.00 bits per heavy atom. The highest BCUT2D eigenvalue weighted by Crippen LogP contribution is 2.36. The zero-order chi connectivity index (χ0) is 19.9. The summed E-state index contributed by atoms with van der Waals surface area (Å²) in [4.78, 5) is 6.40. The molecule has 0 bridgehead atoms. The van der Waals surface area contributed by atoms with Crippen LogP contribution in [0.4, 0.5) is 19.0 Å². The SMILES string of the molecule is N=N/C(=N\N)c1cc2c(cc1C(F)(F)F)nc(N1CCNCC1)c1nncn12. The summed E-state index contributed by atoms with van der Waals surface area (Å²) in [5, 5.41) is 17.4. The minimum atomic E-state index is -4.71.